The Morgan fingerprint density at radius 2 is 2.22 bits per heavy atom. The molecule has 1 aromatic heterocycles. The highest BCUT2D eigenvalue weighted by molar-refractivity contribution is 7.99. The molecule has 1 aliphatic carbocycles. The SMILES string of the molecule is C[C@@H](NC(=O)COC(=O)CSc1nc2ccccc2o1)C1CC1. The van der Waals surface area contributed by atoms with Crippen LogP contribution in [0.25, 0.3) is 11.1 Å². The largest absolute Gasteiger partial charge is 0.455 e. The molecule has 122 valence electrons. The van der Waals surface area contributed by atoms with E-state index in [9.17, 15) is 9.59 Å². The third kappa shape index (κ3) is 4.48. The van der Waals surface area contributed by atoms with E-state index < -0.39 is 5.97 Å². The number of benzene rings is 1. The van der Waals surface area contributed by atoms with Gasteiger partial charge in [0, 0.05) is 6.04 Å². The first kappa shape index (κ1) is 15.9. The quantitative estimate of drug-likeness (QED) is 0.618. The number of carbonyl (C=O) groups is 2. The van der Waals surface area contributed by atoms with Gasteiger partial charge in [-0.15, -0.1) is 0 Å². The molecule has 6 nitrogen and oxygen atoms in total. The van der Waals surface area contributed by atoms with Crippen molar-refractivity contribution >= 4 is 34.7 Å². The van der Waals surface area contributed by atoms with Gasteiger partial charge in [0.25, 0.3) is 11.1 Å². The first-order valence-electron chi connectivity index (χ1n) is 7.55. The number of amides is 1. The monoisotopic (exact) mass is 334 g/mol. The molecule has 0 aliphatic heterocycles. The van der Waals surface area contributed by atoms with Gasteiger partial charge in [-0.2, -0.15) is 0 Å². The number of nitrogens with zero attached hydrogens (tertiary/aromatic N) is 1. The van der Waals surface area contributed by atoms with Crippen LogP contribution in [0.2, 0.25) is 0 Å². The van der Waals surface area contributed by atoms with Crippen LogP contribution in [0.5, 0.6) is 0 Å². The van der Waals surface area contributed by atoms with Crippen molar-refractivity contribution in [3.63, 3.8) is 0 Å². The van der Waals surface area contributed by atoms with E-state index in [0.29, 0.717) is 16.7 Å². The molecule has 1 fully saturated rings. The normalized spacial score (nSPS) is 15.3. The van der Waals surface area contributed by atoms with Gasteiger partial charge in [-0.05, 0) is 37.8 Å². The van der Waals surface area contributed by atoms with E-state index in [2.05, 4.69) is 10.3 Å². The minimum atomic E-state index is -0.466. The lowest BCUT2D eigenvalue weighted by Crippen LogP contribution is -2.37. The molecular formula is C16H18N2O4S. The second-order valence-corrected chi connectivity index (χ2v) is 6.52. The fourth-order valence-electron chi connectivity index (χ4n) is 2.23. The number of carbonyl (C=O) groups excluding carboxylic acids is 2. The molecule has 7 heteroatoms. The predicted molar refractivity (Wildman–Crippen MR) is 86.0 cm³/mol. The Hall–Kier alpha value is -2.02. The van der Waals surface area contributed by atoms with E-state index in [4.69, 9.17) is 9.15 Å². The highest BCUT2D eigenvalue weighted by Gasteiger charge is 2.28. The van der Waals surface area contributed by atoms with Gasteiger partial charge in [0.1, 0.15) is 11.3 Å². The number of para-hydroxylation sites is 2. The van der Waals surface area contributed by atoms with E-state index in [-0.39, 0.29) is 24.3 Å². The number of hydrogen-bond acceptors (Lipinski definition) is 6. The second-order valence-electron chi connectivity index (χ2n) is 5.59. The maximum absolute atomic E-state index is 11.7. The van der Waals surface area contributed by atoms with Gasteiger partial charge < -0.3 is 14.5 Å². The van der Waals surface area contributed by atoms with Crippen LogP contribution in [-0.2, 0) is 14.3 Å². The lowest BCUT2D eigenvalue weighted by molar-refractivity contribution is -0.146. The number of ether oxygens (including phenoxy) is 1. The van der Waals surface area contributed by atoms with Gasteiger partial charge >= 0.3 is 5.97 Å². The van der Waals surface area contributed by atoms with Gasteiger partial charge in [-0.1, -0.05) is 23.9 Å². The number of thioether (sulfide) groups is 1. The van der Waals surface area contributed by atoms with Gasteiger partial charge in [-0.25, -0.2) is 4.98 Å². The summed E-state index contributed by atoms with van der Waals surface area (Å²) in [6.45, 7) is 1.73. The minimum Gasteiger partial charge on any atom is -0.455 e. The lowest BCUT2D eigenvalue weighted by atomic mass is 10.2. The second kappa shape index (κ2) is 7.04. The van der Waals surface area contributed by atoms with Crippen molar-refractivity contribution in [3.8, 4) is 0 Å². The molecule has 0 bridgehead atoms. The molecule has 1 aliphatic rings. The van der Waals surface area contributed by atoms with E-state index in [0.717, 1.165) is 30.1 Å². The minimum absolute atomic E-state index is 0.0538. The average molecular weight is 334 g/mol. The van der Waals surface area contributed by atoms with Crippen LogP contribution in [0.1, 0.15) is 19.8 Å². The van der Waals surface area contributed by atoms with Crippen LogP contribution < -0.4 is 5.32 Å². The molecule has 0 spiro atoms. The number of aromatic nitrogens is 1. The van der Waals surface area contributed by atoms with Crippen LogP contribution >= 0.6 is 11.8 Å². The molecule has 0 unspecified atom stereocenters. The Morgan fingerprint density at radius 1 is 1.43 bits per heavy atom. The van der Waals surface area contributed by atoms with Crippen LogP contribution in [0.3, 0.4) is 0 Å². The van der Waals surface area contributed by atoms with Crippen molar-refractivity contribution in [3.05, 3.63) is 24.3 Å². The summed E-state index contributed by atoms with van der Waals surface area (Å²) in [5.74, 6) is -0.0985. The smallest absolute Gasteiger partial charge is 0.316 e. The van der Waals surface area contributed by atoms with E-state index in [1.165, 1.54) is 0 Å². The third-order valence-corrected chi connectivity index (χ3v) is 4.47. The number of hydrogen-bond donors (Lipinski definition) is 1. The molecule has 0 radical (unpaired) electrons. The van der Waals surface area contributed by atoms with Gasteiger partial charge in [0.2, 0.25) is 0 Å². The zero-order valence-electron chi connectivity index (χ0n) is 12.8. The van der Waals surface area contributed by atoms with Crippen molar-refractivity contribution in [2.24, 2.45) is 5.92 Å². The van der Waals surface area contributed by atoms with Crippen LogP contribution in [0, 0.1) is 5.92 Å². The van der Waals surface area contributed by atoms with Gasteiger partial charge in [0.15, 0.2) is 12.2 Å². The molecule has 1 amide bonds. The summed E-state index contributed by atoms with van der Waals surface area (Å²) < 4.78 is 10.5. The fraction of sp³-hybridized carbons (Fsp3) is 0.438. The van der Waals surface area contributed by atoms with E-state index in [1.807, 2.05) is 31.2 Å². The molecule has 3 rings (SSSR count). The van der Waals surface area contributed by atoms with Crippen molar-refractivity contribution < 1.29 is 18.7 Å². The number of oxazole rings is 1. The summed E-state index contributed by atoms with van der Waals surface area (Å²) >= 11 is 1.15. The Morgan fingerprint density at radius 3 is 2.96 bits per heavy atom. The van der Waals surface area contributed by atoms with Crippen LogP contribution in [-0.4, -0.2) is 35.3 Å². The summed E-state index contributed by atoms with van der Waals surface area (Å²) in [4.78, 5) is 27.6. The van der Waals surface area contributed by atoms with Crippen LogP contribution in [0.15, 0.2) is 33.9 Å². The fourth-order valence-corrected chi connectivity index (χ4v) is 2.87. The van der Waals surface area contributed by atoms with E-state index in [1.54, 1.807) is 0 Å². The van der Waals surface area contributed by atoms with Crippen molar-refractivity contribution in [1.29, 1.82) is 0 Å². The molecule has 1 atom stereocenters. The Kier molecular flexibility index (Phi) is 4.85. The molecule has 23 heavy (non-hydrogen) atoms. The Labute approximate surface area is 138 Å². The number of fused-ring (bicyclic) bond motifs is 1. The van der Waals surface area contributed by atoms with Gasteiger partial charge in [-0.3, -0.25) is 9.59 Å². The summed E-state index contributed by atoms with van der Waals surface area (Å²) in [5.41, 5.74) is 1.42. The molecule has 1 heterocycles. The number of rotatable bonds is 7. The Balaban J connectivity index is 1.39. The summed E-state index contributed by atoms with van der Waals surface area (Å²) in [6.07, 6.45) is 2.31. The lowest BCUT2D eigenvalue weighted by Gasteiger charge is -2.12. The third-order valence-electron chi connectivity index (χ3n) is 3.67. The van der Waals surface area contributed by atoms with Crippen LogP contribution in [0.4, 0.5) is 0 Å². The summed E-state index contributed by atoms with van der Waals surface area (Å²) in [5, 5.41) is 3.25. The standard InChI is InChI=1S/C16H18N2O4S/c1-10(11-6-7-11)17-14(19)8-21-15(20)9-23-16-18-12-4-2-3-5-13(12)22-16/h2-5,10-11H,6-9H2,1H3,(H,17,19)/t10-/m1/s1. The highest BCUT2D eigenvalue weighted by Crippen LogP contribution is 2.32. The zero-order valence-corrected chi connectivity index (χ0v) is 13.6. The first-order chi connectivity index (χ1) is 11.1. The van der Waals surface area contributed by atoms with Crippen molar-refractivity contribution in [2.75, 3.05) is 12.4 Å². The summed E-state index contributed by atoms with van der Waals surface area (Å²) in [6, 6.07) is 7.53. The van der Waals surface area contributed by atoms with Gasteiger partial charge in [0.05, 0.1) is 0 Å². The highest BCUT2D eigenvalue weighted by atomic mass is 32.2. The molecule has 2 aromatic rings. The zero-order chi connectivity index (χ0) is 16.2. The average Bonchev–Trinajstić information content (AvgIpc) is 3.30. The predicted octanol–water partition coefficient (Wildman–Crippen LogP) is 2.38. The molecule has 0 saturated heterocycles. The number of esters is 1. The maximum Gasteiger partial charge on any atom is 0.316 e. The first-order valence-corrected chi connectivity index (χ1v) is 8.54. The maximum atomic E-state index is 11.7. The van der Waals surface area contributed by atoms with Crippen molar-refractivity contribution in [2.45, 2.75) is 31.0 Å². The molecule has 1 aromatic carbocycles. The van der Waals surface area contributed by atoms with Crippen molar-refractivity contribution in [1.82, 2.24) is 10.3 Å². The Bertz CT molecular complexity index is 678. The molecule has 1 N–H and O–H groups in total. The number of nitrogens with one attached hydrogen (secondary N) is 1. The topological polar surface area (TPSA) is 81.4 Å². The molecule has 1 saturated carbocycles. The van der Waals surface area contributed by atoms with E-state index >= 15 is 0 Å². The molecular weight excluding hydrogens is 316 g/mol. The summed E-state index contributed by atoms with van der Waals surface area (Å²) in [7, 11) is 0.